The van der Waals surface area contributed by atoms with Crippen LogP contribution in [0.4, 0.5) is 13.2 Å². The number of carboxylic acid groups (broad SMARTS) is 1. The summed E-state index contributed by atoms with van der Waals surface area (Å²) in [6.45, 7) is 2.69. The molecule has 0 unspecified atom stereocenters. The predicted molar refractivity (Wildman–Crippen MR) is 106 cm³/mol. The van der Waals surface area contributed by atoms with Crippen molar-refractivity contribution in [3.8, 4) is 22.8 Å². The summed E-state index contributed by atoms with van der Waals surface area (Å²) >= 11 is 0. The van der Waals surface area contributed by atoms with E-state index in [-0.39, 0.29) is 34.4 Å². The van der Waals surface area contributed by atoms with Crippen molar-refractivity contribution in [3.05, 3.63) is 45.7 Å². The van der Waals surface area contributed by atoms with Crippen molar-refractivity contribution in [1.82, 2.24) is 4.57 Å². The van der Waals surface area contributed by atoms with Gasteiger partial charge < -0.3 is 19.1 Å². The Kier molecular flexibility index (Phi) is 4.83. The fourth-order valence-electron chi connectivity index (χ4n) is 4.97. The lowest BCUT2D eigenvalue weighted by molar-refractivity contribution is -0.153. The first-order valence-corrected chi connectivity index (χ1v) is 9.84. The van der Waals surface area contributed by atoms with Gasteiger partial charge in [-0.3, -0.25) is 4.79 Å². The molecule has 166 valence electrons. The van der Waals surface area contributed by atoms with Crippen molar-refractivity contribution < 1.29 is 32.5 Å². The van der Waals surface area contributed by atoms with Gasteiger partial charge in [-0.25, -0.2) is 4.79 Å². The number of alkyl halides is 3. The number of benzene rings is 1. The first kappa shape index (κ1) is 21.3. The van der Waals surface area contributed by atoms with Crippen LogP contribution >= 0.6 is 0 Å². The number of hydrogen-bond donors (Lipinski definition) is 1. The Morgan fingerprint density at radius 2 is 1.97 bits per heavy atom. The Morgan fingerprint density at radius 3 is 2.58 bits per heavy atom. The molecule has 2 aromatic rings. The molecule has 1 aromatic heterocycles. The maximum absolute atomic E-state index is 12.7. The third-order valence-corrected chi connectivity index (χ3v) is 6.29. The molecule has 9 heteroatoms. The average molecular weight is 437 g/mol. The third-order valence-electron chi connectivity index (χ3n) is 6.29. The van der Waals surface area contributed by atoms with E-state index in [0.717, 1.165) is 18.4 Å². The molecule has 0 amide bonds. The van der Waals surface area contributed by atoms with E-state index in [9.17, 15) is 27.9 Å². The van der Waals surface area contributed by atoms with E-state index in [1.54, 1.807) is 12.1 Å². The second-order valence-corrected chi connectivity index (χ2v) is 8.72. The molecule has 4 rings (SSSR count). The van der Waals surface area contributed by atoms with Crippen LogP contribution in [0.1, 0.15) is 54.6 Å². The lowest BCUT2D eigenvalue weighted by atomic mass is 9.77. The smallest absolute Gasteiger partial charge is 0.422 e. The van der Waals surface area contributed by atoms with Gasteiger partial charge >= 0.3 is 12.1 Å². The summed E-state index contributed by atoms with van der Waals surface area (Å²) < 4.78 is 50.3. The molecule has 2 atom stereocenters. The number of hydrogen-bond acceptors (Lipinski definition) is 4. The fourth-order valence-corrected chi connectivity index (χ4v) is 4.97. The highest BCUT2D eigenvalue weighted by Crippen LogP contribution is 2.59. The summed E-state index contributed by atoms with van der Waals surface area (Å²) in [5.74, 6) is -1.27. The van der Waals surface area contributed by atoms with Gasteiger partial charge in [-0.2, -0.15) is 13.2 Å². The van der Waals surface area contributed by atoms with Gasteiger partial charge in [0.25, 0.3) is 0 Å². The van der Waals surface area contributed by atoms with Crippen LogP contribution in [0.2, 0.25) is 0 Å². The number of pyridine rings is 1. The van der Waals surface area contributed by atoms with Crippen LogP contribution in [0.3, 0.4) is 0 Å². The second-order valence-electron chi connectivity index (χ2n) is 8.72. The molecule has 1 aliphatic heterocycles. The van der Waals surface area contributed by atoms with Crippen LogP contribution < -0.4 is 14.9 Å². The lowest BCUT2D eigenvalue weighted by Crippen LogP contribution is -2.32. The highest BCUT2D eigenvalue weighted by molar-refractivity contribution is 5.88. The first-order valence-electron chi connectivity index (χ1n) is 9.84. The largest absolute Gasteiger partial charge is 0.493 e. The average Bonchev–Trinajstić information content (AvgIpc) is 3.00. The number of aromatic nitrogens is 1. The molecule has 0 bridgehead atoms. The molecule has 1 N–H and O–H groups in total. The number of carboxylic acids is 1. The Labute approximate surface area is 176 Å². The first-order chi connectivity index (χ1) is 14.4. The molecule has 2 heterocycles. The van der Waals surface area contributed by atoms with Gasteiger partial charge in [-0.1, -0.05) is 13.8 Å². The zero-order valence-corrected chi connectivity index (χ0v) is 17.2. The van der Waals surface area contributed by atoms with Crippen molar-refractivity contribution in [2.45, 2.75) is 44.8 Å². The summed E-state index contributed by atoms with van der Waals surface area (Å²) in [5, 5.41) is 9.43. The topological polar surface area (TPSA) is 77.8 Å². The monoisotopic (exact) mass is 437 g/mol. The zero-order valence-electron chi connectivity index (χ0n) is 17.2. The molecule has 31 heavy (non-hydrogen) atoms. The summed E-state index contributed by atoms with van der Waals surface area (Å²) in [7, 11) is 1.33. The Balaban J connectivity index is 1.95. The fraction of sp³-hybridized carbons (Fsp3) is 0.455. The van der Waals surface area contributed by atoms with E-state index in [2.05, 4.69) is 13.8 Å². The molecular weight excluding hydrogens is 415 g/mol. The summed E-state index contributed by atoms with van der Waals surface area (Å²) in [6.07, 6.45) is -1.51. The maximum Gasteiger partial charge on any atom is 0.422 e. The van der Waals surface area contributed by atoms with Crippen molar-refractivity contribution in [2.75, 3.05) is 13.7 Å². The van der Waals surface area contributed by atoms with Crippen LogP contribution in [-0.2, 0) is 0 Å². The predicted octanol–water partition coefficient (Wildman–Crippen LogP) is 4.62. The van der Waals surface area contributed by atoms with Gasteiger partial charge in [0, 0.05) is 29.8 Å². The molecule has 2 aliphatic rings. The standard InChI is InChI=1S/C22H22F3NO5/c1-21(2)5-4-11-12-6-18(31-10-22(23,24)25)17(30-3)7-13(12)15-8-16(27)14(20(28)29)9-26(15)19(11)21/h6-9,11,19H,4-5,10H2,1-3H3,(H,28,29)/t11-,19+/m0/s1. The van der Waals surface area contributed by atoms with Gasteiger partial charge in [0.15, 0.2) is 23.5 Å². The van der Waals surface area contributed by atoms with Gasteiger partial charge in [0.05, 0.1) is 12.8 Å². The number of ether oxygens (including phenoxy) is 2. The Bertz CT molecular complexity index is 1120. The van der Waals surface area contributed by atoms with Crippen molar-refractivity contribution in [3.63, 3.8) is 0 Å². The molecule has 6 nitrogen and oxygen atoms in total. The summed E-state index contributed by atoms with van der Waals surface area (Å²) in [6, 6.07) is 4.26. The molecule has 1 fully saturated rings. The molecular formula is C22H22F3NO5. The van der Waals surface area contributed by atoms with E-state index in [1.165, 1.54) is 19.4 Å². The summed E-state index contributed by atoms with van der Waals surface area (Å²) in [5.41, 5.74) is 0.762. The van der Waals surface area contributed by atoms with Crippen LogP contribution in [0.25, 0.3) is 11.3 Å². The number of halogens is 3. The van der Waals surface area contributed by atoms with Gasteiger partial charge in [0.1, 0.15) is 5.56 Å². The number of aromatic carboxylic acids is 1. The van der Waals surface area contributed by atoms with E-state index < -0.39 is 24.2 Å². The quantitative estimate of drug-likeness (QED) is 0.755. The number of fused-ring (bicyclic) bond motifs is 6. The van der Waals surface area contributed by atoms with E-state index in [4.69, 9.17) is 9.47 Å². The minimum atomic E-state index is -4.49. The third kappa shape index (κ3) is 3.55. The normalized spacial score (nSPS) is 21.1. The van der Waals surface area contributed by atoms with E-state index in [0.29, 0.717) is 11.3 Å². The molecule has 0 saturated heterocycles. The second kappa shape index (κ2) is 7.03. The number of carbonyl (C=O) groups is 1. The maximum atomic E-state index is 12.7. The number of rotatable bonds is 4. The summed E-state index contributed by atoms with van der Waals surface area (Å²) in [4.78, 5) is 24.0. The highest BCUT2D eigenvalue weighted by Gasteiger charge is 2.48. The van der Waals surface area contributed by atoms with Gasteiger partial charge in [-0.15, -0.1) is 0 Å². The van der Waals surface area contributed by atoms with Gasteiger partial charge in [0.2, 0.25) is 0 Å². The van der Waals surface area contributed by atoms with Crippen LogP contribution in [0, 0.1) is 5.41 Å². The van der Waals surface area contributed by atoms with E-state index >= 15 is 0 Å². The molecule has 1 aliphatic carbocycles. The van der Waals surface area contributed by atoms with E-state index in [1.807, 2.05) is 4.57 Å². The number of nitrogens with zero attached hydrogens (tertiary/aromatic N) is 1. The van der Waals surface area contributed by atoms with Crippen LogP contribution in [-0.4, -0.2) is 35.5 Å². The molecule has 0 radical (unpaired) electrons. The number of methoxy groups -OCH3 is 1. The highest BCUT2D eigenvalue weighted by atomic mass is 19.4. The van der Waals surface area contributed by atoms with Crippen molar-refractivity contribution in [1.29, 1.82) is 0 Å². The van der Waals surface area contributed by atoms with Gasteiger partial charge in [-0.05, 0) is 36.0 Å². The minimum absolute atomic E-state index is 0.0139. The Hall–Kier alpha value is -2.97. The molecule has 1 aromatic carbocycles. The SMILES string of the molecule is COc1cc2c(cc1OCC(F)(F)F)[C@@H]1CCC(C)(C)[C@@H]1n1cc(C(=O)O)c(=O)cc1-2. The van der Waals surface area contributed by atoms with Crippen LogP contribution in [0.5, 0.6) is 11.5 Å². The van der Waals surface area contributed by atoms with Crippen molar-refractivity contribution in [2.24, 2.45) is 5.41 Å². The van der Waals surface area contributed by atoms with Crippen molar-refractivity contribution >= 4 is 5.97 Å². The molecule has 0 spiro atoms. The lowest BCUT2D eigenvalue weighted by Gasteiger charge is -2.40. The van der Waals surface area contributed by atoms with Crippen LogP contribution in [0.15, 0.2) is 29.2 Å². The Morgan fingerprint density at radius 1 is 1.26 bits per heavy atom. The zero-order chi connectivity index (χ0) is 22.7. The molecule has 1 saturated carbocycles. The minimum Gasteiger partial charge on any atom is -0.493 e.